The first-order valence-electron chi connectivity index (χ1n) is 9.88. The molecule has 2 aliphatic rings. The van der Waals surface area contributed by atoms with Crippen molar-refractivity contribution in [2.75, 3.05) is 10.6 Å². The number of ketones is 1. The molecular weight excluding hydrogens is 424 g/mol. The number of Topliss-reactive ketones (excluding diaryl/α,β-unsaturated/α-hetero) is 1. The number of halogens is 1. The smallest absolute Gasteiger partial charge is 0.163 e. The Kier molecular flexibility index (Phi) is 4.72. The molecule has 0 radical (unpaired) electrons. The van der Waals surface area contributed by atoms with E-state index >= 15 is 0 Å². The molecule has 0 fully saturated rings. The van der Waals surface area contributed by atoms with Crippen LogP contribution in [0.3, 0.4) is 0 Å². The standard InChI is InChI=1S/C25H21BrN2O/c26-19-10-6-9-17(13-19)25-24-22(27-20-11-4-5-12-21(20)28-25)14-18(15-23(24)29)16-7-2-1-3-8-16/h1-13,18,25,27-28H,14-15H2/t18-,25-/m0/s1. The Labute approximate surface area is 179 Å². The molecule has 3 aromatic rings. The minimum absolute atomic E-state index is 0.178. The summed E-state index contributed by atoms with van der Waals surface area (Å²) in [6.45, 7) is 0. The zero-order chi connectivity index (χ0) is 19.8. The van der Waals surface area contributed by atoms with Crippen LogP contribution in [-0.2, 0) is 4.79 Å². The highest BCUT2D eigenvalue weighted by molar-refractivity contribution is 9.10. The highest BCUT2D eigenvalue weighted by Gasteiger charge is 2.35. The number of carbonyl (C=O) groups excluding carboxylic acids is 1. The average molecular weight is 445 g/mol. The van der Waals surface area contributed by atoms with E-state index in [9.17, 15) is 4.79 Å². The quantitative estimate of drug-likeness (QED) is 0.478. The number of anilines is 2. The Hall–Kier alpha value is -2.85. The molecule has 1 heterocycles. The van der Waals surface area contributed by atoms with Gasteiger partial charge in [0.05, 0.1) is 17.4 Å². The third kappa shape index (κ3) is 3.49. The van der Waals surface area contributed by atoms with Crippen LogP contribution >= 0.6 is 15.9 Å². The second-order valence-electron chi connectivity index (χ2n) is 7.63. The Bertz CT molecular complexity index is 1110. The van der Waals surface area contributed by atoms with Crippen molar-refractivity contribution in [3.05, 3.63) is 106 Å². The molecule has 0 amide bonds. The van der Waals surface area contributed by atoms with Crippen molar-refractivity contribution in [1.29, 1.82) is 0 Å². The van der Waals surface area contributed by atoms with Crippen molar-refractivity contribution >= 4 is 33.1 Å². The highest BCUT2D eigenvalue weighted by Crippen LogP contribution is 2.44. The van der Waals surface area contributed by atoms with Gasteiger partial charge in [0.1, 0.15) is 0 Å². The monoisotopic (exact) mass is 444 g/mol. The Balaban J connectivity index is 1.63. The number of carbonyl (C=O) groups is 1. The fourth-order valence-electron chi connectivity index (χ4n) is 4.39. The van der Waals surface area contributed by atoms with E-state index in [2.05, 4.69) is 63.0 Å². The molecule has 5 rings (SSSR count). The normalized spacial score (nSPS) is 20.8. The molecule has 0 unspecified atom stereocenters. The summed E-state index contributed by atoms with van der Waals surface area (Å²) in [5.74, 6) is 0.404. The van der Waals surface area contributed by atoms with Crippen molar-refractivity contribution < 1.29 is 4.79 Å². The van der Waals surface area contributed by atoms with Crippen LogP contribution in [0.1, 0.15) is 35.9 Å². The maximum Gasteiger partial charge on any atom is 0.163 e. The summed E-state index contributed by atoms with van der Waals surface area (Å²) in [6, 6.07) is 26.5. The SMILES string of the molecule is O=C1C[C@@H](c2ccccc2)CC2=C1[C@H](c1cccc(Br)c1)Nc1ccccc1N2. The lowest BCUT2D eigenvalue weighted by molar-refractivity contribution is -0.116. The first-order valence-corrected chi connectivity index (χ1v) is 10.7. The Morgan fingerprint density at radius 2 is 1.52 bits per heavy atom. The van der Waals surface area contributed by atoms with Crippen LogP contribution in [0.2, 0.25) is 0 Å². The molecule has 1 aliphatic heterocycles. The van der Waals surface area contributed by atoms with Crippen LogP contribution in [-0.4, -0.2) is 5.78 Å². The van der Waals surface area contributed by atoms with Gasteiger partial charge in [-0.2, -0.15) is 0 Å². The molecule has 0 bridgehead atoms. The van der Waals surface area contributed by atoms with Gasteiger partial charge in [-0.3, -0.25) is 4.79 Å². The lowest BCUT2D eigenvalue weighted by Gasteiger charge is -2.30. The van der Waals surface area contributed by atoms with Crippen LogP contribution in [0.4, 0.5) is 11.4 Å². The summed E-state index contributed by atoms with van der Waals surface area (Å²) in [6.07, 6.45) is 1.36. The molecule has 4 heteroatoms. The lowest BCUT2D eigenvalue weighted by atomic mass is 9.78. The first kappa shape index (κ1) is 18.2. The minimum Gasteiger partial charge on any atom is -0.372 e. The fourth-order valence-corrected chi connectivity index (χ4v) is 4.81. The second-order valence-corrected chi connectivity index (χ2v) is 8.55. The van der Waals surface area contributed by atoms with Crippen molar-refractivity contribution in [3.63, 3.8) is 0 Å². The number of para-hydroxylation sites is 2. The molecule has 1 aliphatic carbocycles. The highest BCUT2D eigenvalue weighted by atomic mass is 79.9. The molecule has 144 valence electrons. The van der Waals surface area contributed by atoms with E-state index < -0.39 is 0 Å². The zero-order valence-electron chi connectivity index (χ0n) is 15.9. The topological polar surface area (TPSA) is 41.1 Å². The van der Waals surface area contributed by atoms with Crippen LogP contribution in [0.15, 0.2) is 94.6 Å². The maximum absolute atomic E-state index is 13.4. The summed E-state index contributed by atoms with van der Waals surface area (Å²) < 4.78 is 1.01. The van der Waals surface area contributed by atoms with Crippen LogP contribution in [0.5, 0.6) is 0 Å². The lowest BCUT2D eigenvalue weighted by Crippen LogP contribution is -2.26. The number of benzene rings is 3. The van der Waals surface area contributed by atoms with Gasteiger partial charge in [0.25, 0.3) is 0 Å². The molecule has 2 atom stereocenters. The molecule has 29 heavy (non-hydrogen) atoms. The predicted octanol–water partition coefficient (Wildman–Crippen LogP) is 6.43. The molecule has 0 saturated heterocycles. The number of hydrogen-bond acceptors (Lipinski definition) is 3. The predicted molar refractivity (Wildman–Crippen MR) is 121 cm³/mol. The van der Waals surface area contributed by atoms with E-state index in [4.69, 9.17) is 0 Å². The van der Waals surface area contributed by atoms with Gasteiger partial charge in [0, 0.05) is 22.2 Å². The minimum atomic E-state index is -0.178. The Morgan fingerprint density at radius 3 is 2.31 bits per heavy atom. The maximum atomic E-state index is 13.4. The molecule has 0 spiro atoms. The molecule has 0 aromatic heterocycles. The van der Waals surface area contributed by atoms with Gasteiger partial charge in [-0.1, -0.05) is 70.5 Å². The average Bonchev–Trinajstić information content (AvgIpc) is 2.91. The van der Waals surface area contributed by atoms with Gasteiger partial charge in [0.2, 0.25) is 0 Å². The summed E-state index contributed by atoms with van der Waals surface area (Å²) in [7, 11) is 0. The number of rotatable bonds is 2. The summed E-state index contributed by atoms with van der Waals surface area (Å²) >= 11 is 3.58. The van der Waals surface area contributed by atoms with E-state index in [1.807, 2.05) is 42.5 Å². The number of fused-ring (bicyclic) bond motifs is 1. The summed E-state index contributed by atoms with van der Waals surface area (Å²) in [5.41, 5.74) is 6.20. The first-order chi connectivity index (χ1) is 14.2. The molecule has 3 nitrogen and oxygen atoms in total. The van der Waals surface area contributed by atoms with Crippen LogP contribution in [0, 0.1) is 0 Å². The van der Waals surface area contributed by atoms with E-state index in [0.717, 1.165) is 39.1 Å². The van der Waals surface area contributed by atoms with E-state index in [-0.39, 0.29) is 17.7 Å². The van der Waals surface area contributed by atoms with Crippen molar-refractivity contribution in [2.45, 2.75) is 24.8 Å². The van der Waals surface area contributed by atoms with Gasteiger partial charge >= 0.3 is 0 Å². The van der Waals surface area contributed by atoms with Gasteiger partial charge < -0.3 is 10.6 Å². The van der Waals surface area contributed by atoms with E-state index in [1.54, 1.807) is 0 Å². The van der Waals surface area contributed by atoms with Gasteiger partial charge in [-0.15, -0.1) is 0 Å². The van der Waals surface area contributed by atoms with E-state index in [1.165, 1.54) is 5.56 Å². The Morgan fingerprint density at radius 1 is 0.793 bits per heavy atom. The van der Waals surface area contributed by atoms with Gasteiger partial charge in [-0.05, 0) is 47.7 Å². The van der Waals surface area contributed by atoms with Crippen molar-refractivity contribution in [1.82, 2.24) is 0 Å². The van der Waals surface area contributed by atoms with Crippen LogP contribution < -0.4 is 10.6 Å². The number of allylic oxidation sites excluding steroid dienone is 1. The fraction of sp³-hybridized carbons (Fsp3) is 0.160. The van der Waals surface area contributed by atoms with Gasteiger partial charge in [0.15, 0.2) is 5.78 Å². The van der Waals surface area contributed by atoms with Gasteiger partial charge in [-0.25, -0.2) is 0 Å². The molecule has 3 aromatic carbocycles. The van der Waals surface area contributed by atoms with Crippen molar-refractivity contribution in [2.24, 2.45) is 0 Å². The van der Waals surface area contributed by atoms with Crippen LogP contribution in [0.25, 0.3) is 0 Å². The zero-order valence-corrected chi connectivity index (χ0v) is 17.4. The summed E-state index contributed by atoms with van der Waals surface area (Å²) in [4.78, 5) is 13.4. The largest absolute Gasteiger partial charge is 0.372 e. The third-order valence-electron chi connectivity index (χ3n) is 5.76. The molecule has 0 saturated carbocycles. The molecule has 2 N–H and O–H groups in total. The second kappa shape index (κ2) is 7.53. The summed E-state index contributed by atoms with van der Waals surface area (Å²) in [5, 5.41) is 7.22. The third-order valence-corrected chi connectivity index (χ3v) is 6.26. The van der Waals surface area contributed by atoms with E-state index in [0.29, 0.717) is 6.42 Å². The number of nitrogens with one attached hydrogen (secondary N) is 2. The van der Waals surface area contributed by atoms with Crippen molar-refractivity contribution in [3.8, 4) is 0 Å². The molecular formula is C25H21BrN2O. The number of hydrogen-bond donors (Lipinski definition) is 2.